The molecule has 0 nitrogen and oxygen atoms in total. The molecule has 3 aromatic carbocycles. The fourth-order valence-corrected chi connectivity index (χ4v) is 10.1. The zero-order chi connectivity index (χ0) is 22.8. The Morgan fingerprint density at radius 3 is 1.44 bits per heavy atom. The van der Waals surface area contributed by atoms with E-state index in [2.05, 4.69) is 143 Å². The Bertz CT molecular complexity index is 970. The van der Waals surface area contributed by atoms with E-state index >= 15 is 0 Å². The van der Waals surface area contributed by atoms with Crippen molar-refractivity contribution in [3.8, 4) is 0 Å². The Balaban J connectivity index is 1.65. The van der Waals surface area contributed by atoms with E-state index in [0.717, 1.165) is 0 Å². The molecule has 3 aromatic rings. The molecular formula is C29H34S3. The topological polar surface area (TPSA) is 0 Å². The van der Waals surface area contributed by atoms with Crippen LogP contribution in [0.5, 0.6) is 0 Å². The third-order valence-electron chi connectivity index (χ3n) is 6.04. The summed E-state index contributed by atoms with van der Waals surface area (Å²) in [5.41, 5.74) is 4.28. The molecule has 3 heteroatoms. The summed E-state index contributed by atoms with van der Waals surface area (Å²) in [5, 5.41) is 0.609. The highest BCUT2D eigenvalue weighted by Crippen LogP contribution is 2.60. The van der Waals surface area contributed by atoms with Crippen molar-refractivity contribution in [3.05, 3.63) is 89.5 Å². The van der Waals surface area contributed by atoms with Gasteiger partial charge in [-0.25, -0.2) is 0 Å². The molecule has 0 spiro atoms. The predicted molar refractivity (Wildman–Crippen MR) is 145 cm³/mol. The number of rotatable bonds is 6. The van der Waals surface area contributed by atoms with Crippen molar-refractivity contribution in [1.82, 2.24) is 0 Å². The Hall–Kier alpha value is -1.29. The number of hydrogen-bond donors (Lipinski definition) is 0. The molecule has 0 aliphatic heterocycles. The van der Waals surface area contributed by atoms with Gasteiger partial charge in [0.15, 0.2) is 0 Å². The zero-order valence-corrected chi connectivity index (χ0v) is 22.3. The van der Waals surface area contributed by atoms with Crippen LogP contribution in [0.15, 0.2) is 87.5 Å². The van der Waals surface area contributed by atoms with Gasteiger partial charge in [-0.3, -0.25) is 0 Å². The molecule has 0 amide bonds. The van der Waals surface area contributed by atoms with Gasteiger partial charge in [0, 0.05) is 19.9 Å². The number of thioether (sulfide) groups is 3. The second-order valence-electron chi connectivity index (χ2n) is 10.0. The summed E-state index contributed by atoms with van der Waals surface area (Å²) in [5.74, 6) is 0. The highest BCUT2D eigenvalue weighted by Gasteiger charge is 2.46. The molecule has 0 saturated heterocycles. The first-order valence-electron chi connectivity index (χ1n) is 11.5. The van der Waals surface area contributed by atoms with Crippen LogP contribution in [-0.2, 0) is 0 Å². The van der Waals surface area contributed by atoms with E-state index in [9.17, 15) is 0 Å². The maximum Gasteiger partial charge on any atom is 0.0720 e. The van der Waals surface area contributed by atoms with Crippen LogP contribution < -0.4 is 0 Å². The minimum atomic E-state index is 0.120. The van der Waals surface area contributed by atoms with E-state index in [0.29, 0.717) is 10.7 Å². The third-order valence-corrected chi connectivity index (χ3v) is 10.1. The first-order valence-corrected chi connectivity index (χ1v) is 14.0. The van der Waals surface area contributed by atoms with E-state index in [1.165, 1.54) is 50.6 Å². The van der Waals surface area contributed by atoms with Gasteiger partial charge in [0.1, 0.15) is 0 Å². The lowest BCUT2D eigenvalue weighted by Gasteiger charge is -2.47. The molecule has 1 saturated carbocycles. The quantitative estimate of drug-likeness (QED) is 0.324. The monoisotopic (exact) mass is 478 g/mol. The zero-order valence-electron chi connectivity index (χ0n) is 19.9. The molecule has 1 aliphatic rings. The lowest BCUT2D eigenvalue weighted by molar-refractivity contribution is 0.245. The van der Waals surface area contributed by atoms with Crippen molar-refractivity contribution >= 4 is 35.3 Å². The van der Waals surface area contributed by atoms with Crippen LogP contribution in [0.4, 0.5) is 0 Å². The highest BCUT2D eigenvalue weighted by molar-refractivity contribution is 8.18. The van der Waals surface area contributed by atoms with E-state index in [1.54, 1.807) is 0 Å². The van der Waals surface area contributed by atoms with Crippen LogP contribution in [0.2, 0.25) is 0 Å². The van der Waals surface area contributed by atoms with Crippen molar-refractivity contribution in [3.63, 3.8) is 0 Å². The van der Waals surface area contributed by atoms with Gasteiger partial charge in [0.05, 0.1) is 4.08 Å². The van der Waals surface area contributed by atoms with Crippen molar-refractivity contribution in [2.24, 2.45) is 5.41 Å². The first-order chi connectivity index (χ1) is 15.2. The van der Waals surface area contributed by atoms with Gasteiger partial charge in [-0.15, -0.1) is 35.3 Å². The minimum absolute atomic E-state index is 0.120. The molecule has 1 atom stereocenters. The summed E-state index contributed by atoms with van der Waals surface area (Å²) >= 11 is 6.25. The largest absolute Gasteiger partial charge is 0.123 e. The van der Waals surface area contributed by atoms with Crippen LogP contribution in [0, 0.1) is 26.2 Å². The molecule has 1 unspecified atom stereocenters. The Morgan fingerprint density at radius 2 is 1.00 bits per heavy atom. The maximum absolute atomic E-state index is 2.47. The van der Waals surface area contributed by atoms with Crippen LogP contribution in [0.3, 0.4) is 0 Å². The van der Waals surface area contributed by atoms with Crippen molar-refractivity contribution in [2.75, 3.05) is 0 Å². The molecule has 0 radical (unpaired) electrons. The molecule has 4 rings (SSSR count). The maximum atomic E-state index is 2.47. The van der Waals surface area contributed by atoms with Crippen LogP contribution >= 0.6 is 35.3 Å². The molecule has 0 heterocycles. The van der Waals surface area contributed by atoms with E-state index < -0.39 is 0 Å². The molecular weight excluding hydrogens is 445 g/mol. The Kier molecular flexibility index (Phi) is 7.39. The first kappa shape index (κ1) is 23.9. The van der Waals surface area contributed by atoms with Gasteiger partial charge in [0.25, 0.3) is 0 Å². The summed E-state index contributed by atoms with van der Waals surface area (Å²) in [6.45, 7) is 11.4. The molecule has 0 bridgehead atoms. The Labute approximate surface area is 207 Å². The standard InChI is InChI=1S/C29H34S3/c1-21-6-12-24(13-7-21)30-27-18-28(4,5)20-29(19-27,31-25-14-8-22(2)9-15-25)32-26-16-10-23(3)11-17-26/h6-17,27H,18-20H2,1-5H3. The van der Waals surface area contributed by atoms with Gasteiger partial charge >= 0.3 is 0 Å². The van der Waals surface area contributed by atoms with Gasteiger partial charge in [-0.05, 0) is 81.8 Å². The number of aryl methyl sites for hydroxylation is 3. The number of hydrogen-bond acceptors (Lipinski definition) is 3. The summed E-state index contributed by atoms with van der Waals surface area (Å²) in [6.07, 6.45) is 3.67. The molecule has 168 valence electrons. The van der Waals surface area contributed by atoms with Crippen LogP contribution in [-0.4, -0.2) is 9.33 Å². The molecule has 0 aromatic heterocycles. The van der Waals surface area contributed by atoms with Gasteiger partial charge < -0.3 is 0 Å². The van der Waals surface area contributed by atoms with Crippen molar-refractivity contribution in [1.29, 1.82) is 0 Å². The predicted octanol–water partition coefficient (Wildman–Crippen LogP) is 9.56. The smallest absolute Gasteiger partial charge is 0.0720 e. The van der Waals surface area contributed by atoms with Gasteiger partial charge in [0.2, 0.25) is 0 Å². The molecule has 1 fully saturated rings. The molecule has 0 N–H and O–H groups in total. The number of benzene rings is 3. The summed E-state index contributed by atoms with van der Waals surface area (Å²) < 4.78 is 0.120. The summed E-state index contributed by atoms with van der Waals surface area (Å²) in [4.78, 5) is 4.16. The average molecular weight is 479 g/mol. The van der Waals surface area contributed by atoms with Crippen LogP contribution in [0.25, 0.3) is 0 Å². The fourth-order valence-electron chi connectivity index (χ4n) is 4.62. The molecule has 1 aliphatic carbocycles. The second-order valence-corrected chi connectivity index (χ2v) is 14.6. The van der Waals surface area contributed by atoms with Crippen molar-refractivity contribution < 1.29 is 0 Å². The van der Waals surface area contributed by atoms with E-state index in [1.807, 2.05) is 0 Å². The van der Waals surface area contributed by atoms with Gasteiger partial charge in [-0.2, -0.15) is 0 Å². The minimum Gasteiger partial charge on any atom is -0.123 e. The summed E-state index contributed by atoms with van der Waals surface area (Å²) in [7, 11) is 0. The SMILES string of the molecule is Cc1ccc(SC2CC(C)(C)CC(Sc3ccc(C)cc3)(Sc3ccc(C)cc3)C2)cc1. The highest BCUT2D eigenvalue weighted by atomic mass is 32.2. The average Bonchev–Trinajstić information content (AvgIpc) is 2.72. The Morgan fingerprint density at radius 1 is 0.594 bits per heavy atom. The lowest BCUT2D eigenvalue weighted by Crippen LogP contribution is -2.39. The second kappa shape index (κ2) is 9.91. The normalized spacial score (nSPS) is 19.6. The van der Waals surface area contributed by atoms with Gasteiger partial charge in [-0.1, -0.05) is 66.9 Å². The third kappa shape index (κ3) is 6.40. The fraction of sp³-hybridized carbons (Fsp3) is 0.379. The van der Waals surface area contributed by atoms with Crippen LogP contribution in [0.1, 0.15) is 49.8 Å². The molecule has 32 heavy (non-hydrogen) atoms. The van der Waals surface area contributed by atoms with E-state index in [4.69, 9.17) is 0 Å². The lowest BCUT2D eigenvalue weighted by atomic mass is 9.76. The van der Waals surface area contributed by atoms with E-state index in [-0.39, 0.29) is 4.08 Å². The summed E-state index contributed by atoms with van der Waals surface area (Å²) in [6, 6.07) is 27.3. The van der Waals surface area contributed by atoms with Crippen molar-refractivity contribution in [2.45, 2.75) is 77.9 Å².